The van der Waals surface area contributed by atoms with E-state index in [0.717, 1.165) is 5.56 Å². The van der Waals surface area contributed by atoms with Crippen LogP contribution in [0.1, 0.15) is 18.1 Å². The number of nitrogens with one attached hydrogen (secondary N) is 1. The van der Waals surface area contributed by atoms with Gasteiger partial charge in [-0.05, 0) is 25.5 Å². The summed E-state index contributed by atoms with van der Waals surface area (Å²) in [5.74, 6) is 0. The van der Waals surface area contributed by atoms with E-state index in [4.69, 9.17) is 9.96 Å². The molecule has 0 aliphatic rings. The fourth-order valence-electron chi connectivity index (χ4n) is 1.08. The zero-order chi connectivity index (χ0) is 10.0. The predicted molar refractivity (Wildman–Crippen MR) is 52.7 cm³/mol. The van der Waals surface area contributed by atoms with Gasteiger partial charge in [0.15, 0.2) is 11.1 Å². The molecule has 2 N–H and O–H groups in total. The Balaban J connectivity index is 3.35. The lowest BCUT2D eigenvalue weighted by molar-refractivity contribution is 0.564. The summed E-state index contributed by atoms with van der Waals surface area (Å²) in [6, 6.07) is 5.15. The standard InChI is InChI=1S/C9H11NO2S/c1-6-3-4-8(7(2)10)9(5-6)13(11)12/h3-5,10H,1-2H3,(H,11,12). The number of benzene rings is 1. The van der Waals surface area contributed by atoms with Crippen LogP contribution in [-0.4, -0.2) is 14.5 Å². The Morgan fingerprint density at radius 3 is 2.62 bits per heavy atom. The Morgan fingerprint density at radius 2 is 2.15 bits per heavy atom. The van der Waals surface area contributed by atoms with Crippen LogP contribution < -0.4 is 0 Å². The fourth-order valence-corrected chi connectivity index (χ4v) is 1.78. The van der Waals surface area contributed by atoms with Crippen molar-refractivity contribution < 1.29 is 8.76 Å². The van der Waals surface area contributed by atoms with E-state index in [0.29, 0.717) is 16.2 Å². The topological polar surface area (TPSA) is 61.2 Å². The lowest BCUT2D eigenvalue weighted by atomic mass is 10.1. The number of rotatable bonds is 2. The van der Waals surface area contributed by atoms with Crippen molar-refractivity contribution in [3.05, 3.63) is 29.3 Å². The van der Waals surface area contributed by atoms with E-state index < -0.39 is 11.1 Å². The second-order valence-electron chi connectivity index (χ2n) is 2.87. The van der Waals surface area contributed by atoms with Crippen molar-refractivity contribution in [3.8, 4) is 0 Å². The quantitative estimate of drug-likeness (QED) is 0.562. The summed E-state index contributed by atoms with van der Waals surface area (Å²) >= 11 is -2.01. The van der Waals surface area contributed by atoms with Gasteiger partial charge in [-0.1, -0.05) is 12.1 Å². The SMILES string of the molecule is CC(=N)c1ccc(C)cc1S(=O)O. The van der Waals surface area contributed by atoms with E-state index in [1.165, 1.54) is 0 Å². The lowest BCUT2D eigenvalue weighted by Crippen LogP contribution is -2.01. The molecule has 0 fully saturated rings. The van der Waals surface area contributed by atoms with Crippen LogP contribution in [0.25, 0.3) is 0 Å². The third-order valence-corrected chi connectivity index (χ3v) is 2.44. The predicted octanol–water partition coefficient (Wildman–Crippen LogP) is 1.96. The molecule has 0 aliphatic heterocycles. The molecule has 1 aromatic rings. The van der Waals surface area contributed by atoms with Gasteiger partial charge in [-0.2, -0.15) is 0 Å². The summed E-state index contributed by atoms with van der Waals surface area (Å²) in [6.45, 7) is 3.44. The maximum absolute atomic E-state index is 10.9. The van der Waals surface area contributed by atoms with E-state index in [1.807, 2.05) is 13.0 Å². The highest BCUT2D eigenvalue weighted by atomic mass is 32.2. The molecule has 0 spiro atoms. The van der Waals surface area contributed by atoms with E-state index in [2.05, 4.69) is 0 Å². The van der Waals surface area contributed by atoms with E-state index in [-0.39, 0.29) is 0 Å². The van der Waals surface area contributed by atoms with Gasteiger partial charge >= 0.3 is 0 Å². The van der Waals surface area contributed by atoms with Crippen molar-refractivity contribution in [2.24, 2.45) is 0 Å². The molecule has 0 heterocycles. The van der Waals surface area contributed by atoms with Gasteiger partial charge in [-0.25, -0.2) is 4.21 Å². The second kappa shape index (κ2) is 3.81. The summed E-state index contributed by atoms with van der Waals surface area (Å²) in [5, 5.41) is 7.39. The van der Waals surface area contributed by atoms with Gasteiger partial charge < -0.3 is 9.96 Å². The average molecular weight is 197 g/mol. The van der Waals surface area contributed by atoms with Gasteiger partial charge in [0.2, 0.25) is 0 Å². The molecule has 0 aromatic heterocycles. The molecule has 1 unspecified atom stereocenters. The molecular weight excluding hydrogens is 186 g/mol. The molecule has 1 aromatic carbocycles. The molecule has 1 atom stereocenters. The summed E-state index contributed by atoms with van der Waals surface area (Å²) in [6.07, 6.45) is 0. The highest BCUT2D eigenvalue weighted by Crippen LogP contribution is 2.15. The number of aryl methyl sites for hydroxylation is 1. The van der Waals surface area contributed by atoms with Gasteiger partial charge in [0.05, 0.1) is 4.90 Å². The van der Waals surface area contributed by atoms with Crippen molar-refractivity contribution in [1.29, 1.82) is 5.41 Å². The Kier molecular flexibility index (Phi) is 2.95. The Morgan fingerprint density at radius 1 is 1.54 bits per heavy atom. The number of hydrogen-bond donors (Lipinski definition) is 2. The third-order valence-electron chi connectivity index (χ3n) is 1.73. The molecule has 3 nitrogen and oxygen atoms in total. The average Bonchev–Trinajstić information content (AvgIpc) is 2.03. The van der Waals surface area contributed by atoms with Gasteiger partial charge in [0, 0.05) is 11.3 Å². The lowest BCUT2D eigenvalue weighted by Gasteiger charge is -2.05. The molecule has 0 amide bonds. The van der Waals surface area contributed by atoms with E-state index >= 15 is 0 Å². The van der Waals surface area contributed by atoms with Crippen molar-refractivity contribution in [2.75, 3.05) is 0 Å². The van der Waals surface area contributed by atoms with Crippen molar-refractivity contribution in [1.82, 2.24) is 0 Å². The first-order valence-corrected chi connectivity index (χ1v) is 4.90. The van der Waals surface area contributed by atoms with Crippen LogP contribution in [0.2, 0.25) is 0 Å². The zero-order valence-electron chi connectivity index (χ0n) is 7.50. The summed E-state index contributed by atoms with van der Waals surface area (Å²) < 4.78 is 19.8. The molecule has 70 valence electrons. The fraction of sp³-hybridized carbons (Fsp3) is 0.222. The smallest absolute Gasteiger partial charge is 0.187 e. The minimum Gasteiger partial charge on any atom is -0.305 e. The van der Waals surface area contributed by atoms with Crippen LogP contribution >= 0.6 is 0 Å². The van der Waals surface area contributed by atoms with Crippen LogP contribution in [0.15, 0.2) is 23.1 Å². The van der Waals surface area contributed by atoms with Crippen LogP contribution in [0.4, 0.5) is 0 Å². The first kappa shape index (κ1) is 10.1. The highest BCUT2D eigenvalue weighted by molar-refractivity contribution is 7.79. The molecule has 13 heavy (non-hydrogen) atoms. The normalized spacial score (nSPS) is 12.5. The highest BCUT2D eigenvalue weighted by Gasteiger charge is 2.09. The summed E-state index contributed by atoms with van der Waals surface area (Å²) in [7, 11) is 0. The molecule has 0 aliphatic carbocycles. The van der Waals surface area contributed by atoms with E-state index in [1.54, 1.807) is 19.1 Å². The minimum atomic E-state index is -2.01. The second-order valence-corrected chi connectivity index (χ2v) is 3.81. The van der Waals surface area contributed by atoms with Gasteiger partial charge in [-0.15, -0.1) is 0 Å². The van der Waals surface area contributed by atoms with Crippen LogP contribution in [0.5, 0.6) is 0 Å². The van der Waals surface area contributed by atoms with Gasteiger partial charge in [0.25, 0.3) is 0 Å². The van der Waals surface area contributed by atoms with Crippen LogP contribution in [-0.2, 0) is 11.1 Å². The van der Waals surface area contributed by atoms with Crippen LogP contribution in [0, 0.1) is 12.3 Å². The van der Waals surface area contributed by atoms with Gasteiger partial charge in [-0.3, -0.25) is 0 Å². The Labute approximate surface area is 79.6 Å². The molecule has 0 radical (unpaired) electrons. The molecule has 1 rings (SSSR count). The maximum Gasteiger partial charge on any atom is 0.187 e. The van der Waals surface area contributed by atoms with Crippen molar-refractivity contribution in [2.45, 2.75) is 18.7 Å². The Bertz CT molecular complexity index is 374. The molecule has 4 heteroatoms. The van der Waals surface area contributed by atoms with Crippen molar-refractivity contribution >= 4 is 16.8 Å². The minimum absolute atomic E-state index is 0.303. The summed E-state index contributed by atoms with van der Waals surface area (Å²) in [4.78, 5) is 0.313. The Hall–Kier alpha value is -1.00. The van der Waals surface area contributed by atoms with Gasteiger partial charge in [0.1, 0.15) is 0 Å². The first-order chi connectivity index (χ1) is 6.02. The first-order valence-electron chi connectivity index (χ1n) is 3.79. The molecule has 0 saturated carbocycles. The zero-order valence-corrected chi connectivity index (χ0v) is 8.31. The van der Waals surface area contributed by atoms with Crippen LogP contribution in [0.3, 0.4) is 0 Å². The largest absolute Gasteiger partial charge is 0.305 e. The molecule has 0 saturated heterocycles. The monoisotopic (exact) mass is 197 g/mol. The maximum atomic E-state index is 10.9. The molecule has 0 bridgehead atoms. The van der Waals surface area contributed by atoms with E-state index in [9.17, 15) is 4.21 Å². The summed E-state index contributed by atoms with van der Waals surface area (Å²) in [5.41, 5.74) is 1.76. The number of hydrogen-bond acceptors (Lipinski definition) is 2. The third kappa shape index (κ3) is 2.23. The molecular formula is C9H11NO2S. The van der Waals surface area contributed by atoms with Crippen molar-refractivity contribution in [3.63, 3.8) is 0 Å².